The second-order valence-electron chi connectivity index (χ2n) is 14.5. The lowest BCUT2D eigenvalue weighted by Crippen LogP contribution is -2.05. The normalized spacial score (nSPS) is 12.1. The molecule has 1 aliphatic heterocycles. The molecular formula is C53H36N4O2+2. The lowest BCUT2D eigenvalue weighted by atomic mass is 9.95. The Morgan fingerprint density at radius 1 is 0.492 bits per heavy atom. The first-order chi connectivity index (χ1) is 29.2. The summed E-state index contributed by atoms with van der Waals surface area (Å²) < 4.78 is 18.9. The van der Waals surface area contributed by atoms with E-state index in [1.165, 1.54) is 0 Å². The summed E-state index contributed by atoms with van der Waals surface area (Å²) in [5, 5.41) is 4.55. The Labute approximate surface area is 341 Å². The summed E-state index contributed by atoms with van der Waals surface area (Å²) in [6, 6.07) is 71.3. The Balaban J connectivity index is 1.08. The third-order valence-electron chi connectivity index (χ3n) is 11.1. The lowest BCUT2D eigenvalue weighted by molar-refractivity contribution is 0.414. The van der Waals surface area contributed by atoms with Gasteiger partial charge in [0, 0.05) is 41.2 Å². The van der Waals surface area contributed by atoms with Crippen LogP contribution in [0, 0.1) is 0 Å². The van der Waals surface area contributed by atoms with E-state index in [0.717, 1.165) is 89.1 Å². The number of nitrogens with zero attached hydrogens (tertiary/aromatic N) is 4. The maximum Gasteiger partial charge on any atom is 0.503 e. The molecule has 3 heterocycles. The molecule has 8 aromatic carbocycles. The fraction of sp³-hybridized carbons (Fsp3) is 0.0189. The molecule has 0 radical (unpaired) electrons. The molecule has 10 aromatic rings. The standard InChI is InChI=1S/C53H36N4O2/c1-58-40-30-31-54-51(34-40)57-48-25-11-10-22-46(48)47-28-27-42(33-50(47)57)59-41-20-12-19-39(32-41)55-35-56(53-45-21-9-8-18-38(45)26-29-49(53)55)52-43(36-14-4-2-5-15-36)23-13-24-44(52)37-16-6-3-7-17-37/h2-34H,1H3/q+2. The van der Waals surface area contributed by atoms with Crippen LogP contribution in [0.2, 0.25) is 0 Å². The number of para-hydroxylation sites is 2. The number of hydrogen-bond donors (Lipinski definition) is 0. The lowest BCUT2D eigenvalue weighted by Gasteiger charge is -2.11. The van der Waals surface area contributed by atoms with Crippen LogP contribution in [-0.2, 0) is 0 Å². The van der Waals surface area contributed by atoms with Gasteiger partial charge >= 0.3 is 11.7 Å². The first-order valence-electron chi connectivity index (χ1n) is 19.7. The number of hydrogen-bond acceptors (Lipinski definition) is 3. The summed E-state index contributed by atoms with van der Waals surface area (Å²) in [7, 11) is 1.67. The Morgan fingerprint density at radius 3 is 1.95 bits per heavy atom. The summed E-state index contributed by atoms with van der Waals surface area (Å²) in [4.78, 5) is 4.74. The first kappa shape index (κ1) is 34.2. The van der Waals surface area contributed by atoms with Crippen molar-refractivity contribution in [2.45, 2.75) is 0 Å². The molecule has 0 saturated heterocycles. The largest absolute Gasteiger partial charge is 0.503 e. The summed E-state index contributed by atoms with van der Waals surface area (Å²) in [6.45, 7) is 0. The maximum atomic E-state index is 6.72. The number of rotatable bonds is 8. The topological polar surface area (TPSA) is 42.3 Å². The highest BCUT2D eigenvalue weighted by Gasteiger charge is 2.41. The Hall–Kier alpha value is -8.05. The minimum absolute atomic E-state index is 0.710. The van der Waals surface area contributed by atoms with E-state index in [4.69, 9.17) is 14.5 Å². The van der Waals surface area contributed by atoms with E-state index in [2.05, 4.69) is 184 Å². The van der Waals surface area contributed by atoms with Gasteiger partial charge in [-0.1, -0.05) is 109 Å². The van der Waals surface area contributed by atoms with Crippen LogP contribution < -0.4 is 18.6 Å². The van der Waals surface area contributed by atoms with E-state index in [1.54, 1.807) is 13.3 Å². The van der Waals surface area contributed by atoms with E-state index < -0.39 is 0 Å². The molecule has 0 amide bonds. The van der Waals surface area contributed by atoms with Gasteiger partial charge in [-0.2, -0.15) is 0 Å². The molecule has 1 aliphatic rings. The predicted molar refractivity (Wildman–Crippen MR) is 241 cm³/mol. The van der Waals surface area contributed by atoms with E-state index in [-0.39, 0.29) is 0 Å². The van der Waals surface area contributed by atoms with Crippen molar-refractivity contribution in [2.75, 3.05) is 7.11 Å². The van der Waals surface area contributed by atoms with Crippen molar-refractivity contribution in [2.24, 2.45) is 0 Å². The molecule has 0 bridgehead atoms. The number of fused-ring (bicyclic) bond motifs is 6. The summed E-state index contributed by atoms with van der Waals surface area (Å²) in [5.74, 6) is 2.94. The van der Waals surface area contributed by atoms with Gasteiger partial charge in [-0.15, -0.1) is 0 Å². The van der Waals surface area contributed by atoms with Gasteiger partial charge in [-0.3, -0.25) is 4.57 Å². The van der Waals surface area contributed by atoms with Crippen molar-refractivity contribution < 1.29 is 9.47 Å². The van der Waals surface area contributed by atoms with E-state index in [0.29, 0.717) is 11.5 Å². The van der Waals surface area contributed by atoms with Crippen LogP contribution in [0.4, 0.5) is 22.7 Å². The number of ether oxygens (including phenoxy) is 2. The molecule has 278 valence electrons. The predicted octanol–water partition coefficient (Wildman–Crippen LogP) is 13.3. The summed E-state index contributed by atoms with van der Waals surface area (Å²) in [5.41, 5.74) is 10.6. The van der Waals surface area contributed by atoms with Gasteiger partial charge in [0.1, 0.15) is 23.1 Å². The van der Waals surface area contributed by atoms with Crippen LogP contribution in [-0.4, -0.2) is 22.7 Å². The van der Waals surface area contributed by atoms with Crippen molar-refractivity contribution >= 4 is 61.3 Å². The molecule has 0 atom stereocenters. The molecule has 0 spiro atoms. The average molecular weight is 761 g/mol. The Morgan fingerprint density at radius 2 is 1.17 bits per heavy atom. The second kappa shape index (κ2) is 14.2. The van der Waals surface area contributed by atoms with Gasteiger partial charge in [0.15, 0.2) is 0 Å². The molecular weight excluding hydrogens is 725 g/mol. The SMILES string of the molecule is COc1ccnc(-n2c3ccccc3c3ccc(Oc4cccc([N+]5=C=[N+](c6c(-c7ccccc7)cccc6-c6ccccc6)c6c5ccc5ccccc65)c4)cc32)c1. The molecule has 0 N–H and O–H groups in total. The molecule has 0 saturated carbocycles. The van der Waals surface area contributed by atoms with Crippen molar-refractivity contribution in [1.82, 2.24) is 18.7 Å². The zero-order valence-electron chi connectivity index (χ0n) is 32.2. The highest BCUT2D eigenvalue weighted by atomic mass is 16.5. The van der Waals surface area contributed by atoms with Gasteiger partial charge in [-0.25, -0.2) is 4.98 Å². The monoisotopic (exact) mass is 760 g/mol. The number of benzene rings is 8. The van der Waals surface area contributed by atoms with Gasteiger partial charge in [0.05, 0.1) is 40.7 Å². The van der Waals surface area contributed by atoms with Crippen LogP contribution in [0.1, 0.15) is 0 Å². The minimum atomic E-state index is 0.710. The van der Waals surface area contributed by atoms with Gasteiger partial charge in [0.2, 0.25) is 11.4 Å². The molecule has 6 nitrogen and oxygen atoms in total. The second-order valence-corrected chi connectivity index (χ2v) is 14.5. The van der Waals surface area contributed by atoms with Gasteiger partial charge < -0.3 is 9.47 Å². The van der Waals surface area contributed by atoms with E-state index in [9.17, 15) is 0 Å². The van der Waals surface area contributed by atoms with Crippen molar-refractivity contribution in [1.29, 1.82) is 0 Å². The fourth-order valence-electron chi connectivity index (χ4n) is 8.44. The zero-order chi connectivity index (χ0) is 39.3. The third-order valence-corrected chi connectivity index (χ3v) is 11.1. The van der Waals surface area contributed by atoms with Gasteiger partial charge in [0.25, 0.3) is 5.69 Å². The molecule has 11 rings (SSSR count). The van der Waals surface area contributed by atoms with Crippen molar-refractivity contribution in [3.05, 3.63) is 200 Å². The Bertz CT molecular complexity index is 3270. The average Bonchev–Trinajstić information content (AvgIpc) is 3.86. The summed E-state index contributed by atoms with van der Waals surface area (Å²) in [6.07, 6.45) is 1.78. The first-order valence-corrected chi connectivity index (χ1v) is 19.7. The molecule has 0 aliphatic carbocycles. The van der Waals surface area contributed by atoms with Crippen LogP contribution in [0.25, 0.3) is 60.6 Å². The molecule has 6 heteroatoms. The number of aromatic nitrogens is 2. The van der Waals surface area contributed by atoms with Crippen molar-refractivity contribution in [3.8, 4) is 45.3 Å². The van der Waals surface area contributed by atoms with E-state index in [1.807, 2.05) is 30.3 Å². The van der Waals surface area contributed by atoms with Gasteiger partial charge in [-0.05, 0) is 80.3 Å². The van der Waals surface area contributed by atoms with Crippen LogP contribution in [0.15, 0.2) is 200 Å². The van der Waals surface area contributed by atoms with Crippen LogP contribution in [0.5, 0.6) is 17.2 Å². The highest BCUT2D eigenvalue weighted by molar-refractivity contribution is 6.10. The smallest absolute Gasteiger partial charge is 0.497 e. The molecule has 59 heavy (non-hydrogen) atoms. The minimum Gasteiger partial charge on any atom is -0.497 e. The quantitative estimate of drug-likeness (QED) is 0.145. The zero-order valence-corrected chi connectivity index (χ0v) is 32.2. The number of methoxy groups -OCH3 is 1. The fourth-order valence-corrected chi connectivity index (χ4v) is 8.44. The maximum absolute atomic E-state index is 6.72. The van der Waals surface area contributed by atoms with Crippen molar-refractivity contribution in [3.63, 3.8) is 0 Å². The third kappa shape index (κ3) is 5.86. The van der Waals surface area contributed by atoms with Crippen LogP contribution in [0.3, 0.4) is 0 Å². The highest BCUT2D eigenvalue weighted by Crippen LogP contribution is 2.47. The molecule has 0 unspecified atom stereocenters. The molecule has 0 fully saturated rings. The molecule has 2 aromatic heterocycles. The summed E-state index contributed by atoms with van der Waals surface area (Å²) >= 11 is 0. The van der Waals surface area contributed by atoms with Crippen LogP contribution >= 0.6 is 0 Å². The van der Waals surface area contributed by atoms with E-state index >= 15 is 0 Å². The number of pyridine rings is 1. The Kier molecular flexibility index (Phi) is 8.21.